The van der Waals surface area contributed by atoms with Crippen molar-refractivity contribution >= 4 is 38.2 Å². The fourth-order valence-electron chi connectivity index (χ4n) is 4.67. The van der Waals surface area contributed by atoms with Gasteiger partial charge in [-0.1, -0.05) is 36.4 Å². The number of benzene rings is 3. The molecular weight excluding hydrogens is 486 g/mol. The van der Waals surface area contributed by atoms with E-state index < -0.39 is 10.0 Å². The third-order valence-corrected chi connectivity index (χ3v) is 8.30. The number of nitrogens with one attached hydrogen (secondary N) is 2. The number of amides is 1. The molecule has 3 aromatic carbocycles. The molecule has 5 rings (SSSR count). The normalized spacial score (nSPS) is 14.1. The lowest BCUT2D eigenvalue weighted by atomic mass is 10.0. The van der Waals surface area contributed by atoms with Crippen LogP contribution in [0.15, 0.2) is 71.6 Å². The van der Waals surface area contributed by atoms with Gasteiger partial charge in [-0.05, 0) is 69.1 Å². The Bertz CT molecular complexity index is 1560. The van der Waals surface area contributed by atoms with Crippen LogP contribution in [0, 0.1) is 6.92 Å². The highest BCUT2D eigenvalue weighted by Crippen LogP contribution is 2.32. The molecule has 0 unspecified atom stereocenters. The number of sulfonamides is 1. The van der Waals surface area contributed by atoms with Crippen molar-refractivity contribution in [2.24, 2.45) is 0 Å². The summed E-state index contributed by atoms with van der Waals surface area (Å²) < 4.78 is 27.4. The molecule has 0 aliphatic carbocycles. The van der Waals surface area contributed by atoms with E-state index in [0.29, 0.717) is 28.2 Å². The van der Waals surface area contributed by atoms with E-state index in [1.165, 1.54) is 13.5 Å². The number of piperidine rings is 1. The quantitative estimate of drug-likeness (QED) is 0.379. The lowest BCUT2D eigenvalue weighted by Gasteiger charge is -2.26. The van der Waals surface area contributed by atoms with Crippen molar-refractivity contribution in [2.45, 2.75) is 31.1 Å². The summed E-state index contributed by atoms with van der Waals surface area (Å²) in [4.78, 5) is 14.9. The first kappa shape index (κ1) is 24.9. The molecule has 1 fully saturated rings. The third-order valence-electron chi connectivity index (χ3n) is 6.74. The molecule has 4 aromatic rings. The van der Waals surface area contributed by atoms with Gasteiger partial charge in [0, 0.05) is 40.7 Å². The summed E-state index contributed by atoms with van der Waals surface area (Å²) in [6.45, 7) is 3.39. The smallest absolute Gasteiger partial charge is 0.253 e. The van der Waals surface area contributed by atoms with Crippen molar-refractivity contribution < 1.29 is 13.2 Å². The Balaban J connectivity index is 1.45. The Hall–Kier alpha value is -3.82. The number of anilines is 2. The number of hydrogen-bond acceptors (Lipinski definition) is 6. The second kappa shape index (κ2) is 10.3. The molecule has 1 amide bonds. The second-order valence-electron chi connectivity index (χ2n) is 9.19. The summed E-state index contributed by atoms with van der Waals surface area (Å²) in [6.07, 6.45) is 3.30. The molecule has 190 valence electrons. The zero-order valence-electron chi connectivity index (χ0n) is 20.9. The molecule has 0 atom stereocenters. The van der Waals surface area contributed by atoms with Crippen LogP contribution in [0.5, 0.6) is 0 Å². The second-order valence-corrected chi connectivity index (χ2v) is 11.0. The Morgan fingerprint density at radius 3 is 2.30 bits per heavy atom. The minimum Gasteiger partial charge on any atom is -0.339 e. The molecule has 8 nitrogen and oxygen atoms in total. The van der Waals surface area contributed by atoms with Gasteiger partial charge in [-0.25, -0.2) is 13.1 Å². The van der Waals surface area contributed by atoms with Crippen LogP contribution in [0.1, 0.15) is 35.2 Å². The number of hydrogen-bond donors (Lipinski definition) is 2. The molecule has 9 heteroatoms. The van der Waals surface area contributed by atoms with E-state index in [1.54, 1.807) is 19.1 Å². The van der Waals surface area contributed by atoms with Crippen molar-refractivity contribution in [3.63, 3.8) is 0 Å². The molecule has 2 N–H and O–H groups in total. The van der Waals surface area contributed by atoms with Gasteiger partial charge in [-0.3, -0.25) is 4.79 Å². The summed E-state index contributed by atoms with van der Waals surface area (Å²) in [6, 6.07) is 20.4. The Kier molecular flexibility index (Phi) is 6.90. The highest BCUT2D eigenvalue weighted by Gasteiger charge is 2.19. The van der Waals surface area contributed by atoms with Gasteiger partial charge in [-0.2, -0.15) is 0 Å². The first-order valence-electron chi connectivity index (χ1n) is 12.3. The Morgan fingerprint density at radius 2 is 1.59 bits per heavy atom. The van der Waals surface area contributed by atoms with E-state index in [2.05, 4.69) is 20.2 Å². The van der Waals surface area contributed by atoms with E-state index in [9.17, 15) is 13.2 Å². The van der Waals surface area contributed by atoms with E-state index >= 15 is 0 Å². The number of aromatic nitrogens is 2. The Morgan fingerprint density at radius 1 is 0.892 bits per heavy atom. The number of likely N-dealkylation sites (tertiary alicyclic amines) is 1. The van der Waals surface area contributed by atoms with Crippen LogP contribution in [-0.2, 0) is 10.0 Å². The molecule has 1 saturated heterocycles. The van der Waals surface area contributed by atoms with Crippen LogP contribution in [0.3, 0.4) is 0 Å². The van der Waals surface area contributed by atoms with Crippen LogP contribution in [0.25, 0.3) is 22.0 Å². The maximum absolute atomic E-state index is 12.8. The van der Waals surface area contributed by atoms with Crippen LogP contribution in [-0.4, -0.2) is 49.6 Å². The largest absolute Gasteiger partial charge is 0.339 e. The molecule has 0 bridgehead atoms. The summed E-state index contributed by atoms with van der Waals surface area (Å²) >= 11 is 0. The summed E-state index contributed by atoms with van der Waals surface area (Å²) in [5, 5.41) is 13.9. The SMILES string of the molecule is CNS(=O)(=O)c1cc(-c2nnc(Nc3ccc(C(=O)N4CCCCC4)cc3)c3ccccc23)ccc1C. The van der Waals surface area contributed by atoms with Gasteiger partial charge in [0.2, 0.25) is 10.0 Å². The van der Waals surface area contributed by atoms with Crippen LogP contribution in [0.4, 0.5) is 11.5 Å². The average molecular weight is 516 g/mol. The van der Waals surface area contributed by atoms with Gasteiger partial charge in [-0.15, -0.1) is 10.2 Å². The highest BCUT2D eigenvalue weighted by atomic mass is 32.2. The highest BCUT2D eigenvalue weighted by molar-refractivity contribution is 7.89. The molecular formula is C28H29N5O3S. The molecule has 0 saturated carbocycles. The lowest BCUT2D eigenvalue weighted by Crippen LogP contribution is -2.35. The maximum atomic E-state index is 12.8. The molecule has 1 aromatic heterocycles. The topological polar surface area (TPSA) is 104 Å². The molecule has 1 aliphatic rings. The minimum atomic E-state index is -3.62. The van der Waals surface area contributed by atoms with Gasteiger partial charge >= 0.3 is 0 Å². The zero-order valence-corrected chi connectivity index (χ0v) is 21.7. The minimum absolute atomic E-state index is 0.0681. The van der Waals surface area contributed by atoms with Gasteiger partial charge in [0.25, 0.3) is 5.91 Å². The first-order chi connectivity index (χ1) is 17.9. The number of aryl methyl sites for hydroxylation is 1. The van der Waals surface area contributed by atoms with Crippen molar-refractivity contribution in [2.75, 3.05) is 25.5 Å². The number of carbonyl (C=O) groups is 1. The van der Waals surface area contributed by atoms with Crippen LogP contribution < -0.4 is 10.0 Å². The molecule has 2 heterocycles. The standard InChI is InChI=1S/C28H29N5O3S/c1-19-10-11-21(18-25(19)37(35,36)29-2)26-23-8-4-5-9-24(23)27(32-31-26)30-22-14-12-20(13-15-22)28(34)33-16-6-3-7-17-33/h4-5,8-15,18,29H,3,6-7,16-17H2,1-2H3,(H,30,32). The van der Waals surface area contributed by atoms with Gasteiger partial charge in [0.15, 0.2) is 5.82 Å². The number of carbonyl (C=O) groups excluding carboxylic acids is 1. The third kappa shape index (κ3) is 5.05. The number of nitrogens with zero attached hydrogens (tertiary/aromatic N) is 3. The first-order valence-corrected chi connectivity index (χ1v) is 13.8. The predicted octanol–water partition coefficient (Wildman–Crippen LogP) is 4.88. The number of rotatable bonds is 6. The summed E-state index contributed by atoms with van der Waals surface area (Å²) in [7, 11) is -2.22. The fraction of sp³-hybridized carbons (Fsp3) is 0.250. The van der Waals surface area contributed by atoms with Crippen molar-refractivity contribution in [3.05, 3.63) is 77.9 Å². The summed E-state index contributed by atoms with van der Waals surface area (Å²) in [5.74, 6) is 0.642. The predicted molar refractivity (Wildman–Crippen MR) is 145 cm³/mol. The van der Waals surface area contributed by atoms with Crippen molar-refractivity contribution in [3.8, 4) is 11.3 Å². The van der Waals surface area contributed by atoms with Crippen LogP contribution >= 0.6 is 0 Å². The van der Waals surface area contributed by atoms with Crippen LogP contribution in [0.2, 0.25) is 0 Å². The van der Waals surface area contributed by atoms with E-state index in [0.717, 1.165) is 42.4 Å². The maximum Gasteiger partial charge on any atom is 0.253 e. The molecule has 37 heavy (non-hydrogen) atoms. The molecule has 1 aliphatic heterocycles. The van der Waals surface area contributed by atoms with Gasteiger partial charge in [0.1, 0.15) is 5.69 Å². The monoisotopic (exact) mass is 515 g/mol. The number of fused-ring (bicyclic) bond motifs is 1. The molecule has 0 radical (unpaired) electrons. The van der Waals surface area contributed by atoms with Crippen molar-refractivity contribution in [1.29, 1.82) is 0 Å². The van der Waals surface area contributed by atoms with Gasteiger partial charge < -0.3 is 10.2 Å². The van der Waals surface area contributed by atoms with E-state index in [1.807, 2.05) is 59.5 Å². The fourth-order valence-corrected chi connectivity index (χ4v) is 5.66. The lowest BCUT2D eigenvalue weighted by molar-refractivity contribution is 0.0724. The zero-order chi connectivity index (χ0) is 26.0. The molecule has 0 spiro atoms. The van der Waals surface area contributed by atoms with E-state index in [4.69, 9.17) is 0 Å². The van der Waals surface area contributed by atoms with Gasteiger partial charge in [0.05, 0.1) is 4.90 Å². The van der Waals surface area contributed by atoms with E-state index in [-0.39, 0.29) is 10.8 Å². The summed E-state index contributed by atoms with van der Waals surface area (Å²) in [5.41, 5.74) is 3.37. The Labute approximate surface area is 216 Å². The average Bonchev–Trinajstić information content (AvgIpc) is 2.94. The van der Waals surface area contributed by atoms with Crippen molar-refractivity contribution in [1.82, 2.24) is 19.8 Å².